The Labute approximate surface area is 140 Å². The molecule has 1 aromatic carbocycles. The molecule has 0 unspecified atom stereocenters. The van der Waals surface area contributed by atoms with Crippen LogP contribution in [0.25, 0.3) is 21.9 Å². The Morgan fingerprint density at radius 3 is 2.83 bits per heavy atom. The van der Waals surface area contributed by atoms with E-state index in [2.05, 4.69) is 15.3 Å². The average Bonchev–Trinajstić information content (AvgIpc) is 2.89. The van der Waals surface area contributed by atoms with Gasteiger partial charge in [-0.25, -0.2) is 9.37 Å². The zero-order valence-corrected chi connectivity index (χ0v) is 13.4. The first kappa shape index (κ1) is 14.9. The second kappa shape index (κ2) is 5.76. The molecular weight excluding hydrogens is 330 g/mol. The van der Waals surface area contributed by atoms with Crippen molar-refractivity contribution in [2.45, 2.75) is 4.90 Å². The molecule has 0 aliphatic rings. The van der Waals surface area contributed by atoms with Gasteiger partial charge in [-0.3, -0.25) is 4.98 Å². The van der Waals surface area contributed by atoms with E-state index in [0.717, 1.165) is 21.9 Å². The number of aryl methyl sites for hydroxylation is 1. The van der Waals surface area contributed by atoms with E-state index in [1.165, 1.54) is 12.1 Å². The first-order valence-corrected chi connectivity index (χ1v) is 7.93. The molecule has 24 heavy (non-hydrogen) atoms. The van der Waals surface area contributed by atoms with E-state index in [-0.39, 0.29) is 17.0 Å². The number of halogens is 2. The molecule has 3 heterocycles. The maximum atomic E-state index is 13.4. The fourth-order valence-corrected chi connectivity index (χ4v) is 3.09. The molecule has 4 rings (SSSR count). The summed E-state index contributed by atoms with van der Waals surface area (Å²) in [5.41, 5.74) is 2.43. The molecule has 0 saturated carbocycles. The van der Waals surface area contributed by atoms with Gasteiger partial charge in [-0.15, -0.1) is 0 Å². The minimum atomic E-state index is -0.586. The molecule has 0 aliphatic carbocycles. The Balaban J connectivity index is 1.78. The lowest BCUT2D eigenvalue weighted by atomic mass is 10.2. The highest BCUT2D eigenvalue weighted by molar-refractivity contribution is 7.94. The number of nitrogens with zero attached hydrogens (tertiary/aromatic N) is 3. The van der Waals surface area contributed by atoms with Gasteiger partial charge in [0.15, 0.2) is 0 Å². The Hall–Kier alpha value is -2.67. The van der Waals surface area contributed by atoms with Crippen LogP contribution in [-0.4, -0.2) is 14.5 Å². The standard InChI is InChI=1S/C17H12F2N4S/c1-23-14-6-7-20-9-12(14)11-3-5-16(22-17(11)23)21-10-2-4-13(18)15(8-10)24-19/h2-9H,1H3,(H,21,22). The lowest BCUT2D eigenvalue weighted by Gasteiger charge is -2.07. The van der Waals surface area contributed by atoms with Crippen molar-refractivity contribution in [1.82, 2.24) is 14.5 Å². The molecule has 0 fully saturated rings. The van der Waals surface area contributed by atoms with E-state index in [1.54, 1.807) is 12.3 Å². The number of hydrogen-bond acceptors (Lipinski definition) is 4. The summed E-state index contributed by atoms with van der Waals surface area (Å²) in [7, 11) is 1.94. The van der Waals surface area contributed by atoms with E-state index in [9.17, 15) is 8.28 Å². The minimum absolute atomic E-state index is 0.0586. The molecule has 1 N–H and O–H groups in total. The average molecular weight is 342 g/mol. The van der Waals surface area contributed by atoms with Crippen LogP contribution in [0, 0.1) is 5.82 Å². The molecule has 7 heteroatoms. The van der Waals surface area contributed by atoms with Gasteiger partial charge in [-0.05, 0) is 36.4 Å². The van der Waals surface area contributed by atoms with Crippen molar-refractivity contribution in [3.8, 4) is 0 Å². The van der Waals surface area contributed by atoms with Crippen LogP contribution < -0.4 is 5.32 Å². The third-order valence-electron chi connectivity index (χ3n) is 3.93. The third kappa shape index (κ3) is 2.37. The SMILES string of the molecule is Cn1c2ccncc2c2ccc(Nc3ccc(F)c(SF)c3)nc21. The summed E-state index contributed by atoms with van der Waals surface area (Å²) < 4.78 is 28.1. The first-order valence-electron chi connectivity index (χ1n) is 7.21. The predicted molar refractivity (Wildman–Crippen MR) is 92.7 cm³/mol. The second-order valence-electron chi connectivity index (χ2n) is 5.37. The normalized spacial score (nSPS) is 11.3. The first-order chi connectivity index (χ1) is 11.7. The molecule has 0 aliphatic heterocycles. The highest BCUT2D eigenvalue weighted by atomic mass is 32.2. The van der Waals surface area contributed by atoms with Crippen LogP contribution in [0.2, 0.25) is 0 Å². The summed E-state index contributed by atoms with van der Waals surface area (Å²) in [6.07, 6.45) is 3.56. The van der Waals surface area contributed by atoms with Crippen LogP contribution in [0.5, 0.6) is 0 Å². The predicted octanol–water partition coefficient (Wildman–Crippen LogP) is 4.98. The van der Waals surface area contributed by atoms with Crippen molar-refractivity contribution in [3.05, 3.63) is 54.6 Å². The highest BCUT2D eigenvalue weighted by Gasteiger charge is 2.11. The van der Waals surface area contributed by atoms with Crippen molar-refractivity contribution >= 4 is 45.6 Å². The molecule has 0 bridgehead atoms. The number of anilines is 2. The molecule has 120 valence electrons. The molecule has 0 atom stereocenters. The molecule has 4 nitrogen and oxygen atoms in total. The zero-order chi connectivity index (χ0) is 16.7. The third-order valence-corrected chi connectivity index (χ3v) is 4.41. The van der Waals surface area contributed by atoms with Crippen LogP contribution >= 0.6 is 12.1 Å². The van der Waals surface area contributed by atoms with Gasteiger partial charge in [0.1, 0.15) is 17.3 Å². The minimum Gasteiger partial charge on any atom is -0.340 e. The number of hydrogen-bond donors (Lipinski definition) is 1. The van der Waals surface area contributed by atoms with Gasteiger partial charge in [0, 0.05) is 35.9 Å². The number of rotatable bonds is 3. The molecule has 0 radical (unpaired) electrons. The van der Waals surface area contributed by atoms with Gasteiger partial charge in [0.2, 0.25) is 0 Å². The number of aromatic nitrogens is 3. The quantitative estimate of drug-likeness (QED) is 0.570. The lowest BCUT2D eigenvalue weighted by molar-refractivity contribution is 0.600. The van der Waals surface area contributed by atoms with Crippen LogP contribution in [-0.2, 0) is 7.05 Å². The largest absolute Gasteiger partial charge is 0.340 e. The van der Waals surface area contributed by atoms with Crippen LogP contribution in [0.1, 0.15) is 0 Å². The highest BCUT2D eigenvalue weighted by Crippen LogP contribution is 2.30. The summed E-state index contributed by atoms with van der Waals surface area (Å²) in [4.78, 5) is 8.72. The maximum absolute atomic E-state index is 13.4. The number of fused-ring (bicyclic) bond motifs is 3. The van der Waals surface area contributed by atoms with Gasteiger partial charge in [0.05, 0.1) is 22.6 Å². The number of pyridine rings is 2. The summed E-state index contributed by atoms with van der Waals surface area (Å²) in [5.74, 6) is 0.0143. The van der Waals surface area contributed by atoms with Gasteiger partial charge in [0.25, 0.3) is 0 Å². The maximum Gasteiger partial charge on any atom is 0.143 e. The Morgan fingerprint density at radius 1 is 1.12 bits per heavy atom. The molecule has 3 aromatic heterocycles. The Bertz CT molecular complexity index is 1060. The van der Waals surface area contributed by atoms with E-state index in [0.29, 0.717) is 11.5 Å². The molecule has 0 amide bonds. The van der Waals surface area contributed by atoms with Gasteiger partial charge < -0.3 is 9.88 Å². The van der Waals surface area contributed by atoms with Crippen molar-refractivity contribution in [1.29, 1.82) is 0 Å². The van der Waals surface area contributed by atoms with Gasteiger partial charge in [-0.1, -0.05) is 0 Å². The Morgan fingerprint density at radius 2 is 2.00 bits per heavy atom. The van der Waals surface area contributed by atoms with Crippen LogP contribution in [0.3, 0.4) is 0 Å². The topological polar surface area (TPSA) is 42.7 Å². The molecule has 4 aromatic rings. The van der Waals surface area contributed by atoms with Gasteiger partial charge >= 0.3 is 0 Å². The van der Waals surface area contributed by atoms with Crippen LogP contribution in [0.15, 0.2) is 53.7 Å². The lowest BCUT2D eigenvalue weighted by Crippen LogP contribution is -1.96. The molecular formula is C17H12F2N4S. The summed E-state index contributed by atoms with van der Waals surface area (Å²) in [6, 6.07) is 9.92. The van der Waals surface area contributed by atoms with E-state index < -0.39 is 5.82 Å². The van der Waals surface area contributed by atoms with Crippen molar-refractivity contribution in [3.63, 3.8) is 0 Å². The Kier molecular flexibility index (Phi) is 3.57. The monoisotopic (exact) mass is 342 g/mol. The molecule has 0 spiro atoms. The van der Waals surface area contributed by atoms with E-state index in [4.69, 9.17) is 0 Å². The van der Waals surface area contributed by atoms with E-state index in [1.807, 2.05) is 36.0 Å². The molecule has 0 saturated heterocycles. The number of nitrogens with one attached hydrogen (secondary N) is 1. The van der Waals surface area contributed by atoms with Crippen molar-refractivity contribution < 1.29 is 8.28 Å². The second-order valence-corrected chi connectivity index (χ2v) is 5.96. The fourth-order valence-electron chi connectivity index (χ4n) is 2.77. The van der Waals surface area contributed by atoms with E-state index >= 15 is 0 Å². The summed E-state index contributed by atoms with van der Waals surface area (Å²) >= 11 is -0.118. The van der Waals surface area contributed by atoms with Crippen molar-refractivity contribution in [2.75, 3.05) is 5.32 Å². The zero-order valence-electron chi connectivity index (χ0n) is 12.6. The van der Waals surface area contributed by atoms with Gasteiger partial charge in [-0.2, -0.15) is 3.89 Å². The van der Waals surface area contributed by atoms with Crippen molar-refractivity contribution in [2.24, 2.45) is 7.05 Å². The number of benzene rings is 1. The fraction of sp³-hybridized carbons (Fsp3) is 0.0588. The summed E-state index contributed by atoms with van der Waals surface area (Å²) in [6.45, 7) is 0. The smallest absolute Gasteiger partial charge is 0.143 e. The summed E-state index contributed by atoms with van der Waals surface area (Å²) in [5, 5.41) is 5.12. The van der Waals surface area contributed by atoms with Crippen LogP contribution in [0.4, 0.5) is 19.8 Å².